The summed E-state index contributed by atoms with van der Waals surface area (Å²) in [7, 11) is 0. The van der Waals surface area contributed by atoms with E-state index in [1.165, 1.54) is 16.7 Å². The molecule has 0 unspecified atom stereocenters. The molecule has 0 radical (unpaired) electrons. The van der Waals surface area contributed by atoms with Gasteiger partial charge in [-0.05, 0) is 19.4 Å². The third kappa shape index (κ3) is 2.51. The number of aryl methyl sites for hydroxylation is 1. The van der Waals surface area contributed by atoms with Crippen LogP contribution in [0.1, 0.15) is 18.1 Å². The van der Waals surface area contributed by atoms with Gasteiger partial charge in [-0.1, -0.05) is 41.5 Å². The Morgan fingerprint density at radius 3 is 2.42 bits per heavy atom. The van der Waals surface area contributed by atoms with Crippen molar-refractivity contribution in [2.75, 3.05) is 6.54 Å². The lowest BCUT2D eigenvalue weighted by atomic mass is 10.1. The van der Waals surface area contributed by atoms with E-state index in [4.69, 9.17) is 5.73 Å². The van der Waals surface area contributed by atoms with Crippen molar-refractivity contribution in [1.82, 2.24) is 0 Å². The van der Waals surface area contributed by atoms with Crippen molar-refractivity contribution >= 4 is 6.08 Å². The smallest absolute Gasteiger partial charge is 0.0137 e. The minimum absolute atomic E-state index is 0.633. The second kappa shape index (κ2) is 4.07. The highest BCUT2D eigenvalue weighted by Gasteiger charge is 1.88. The Morgan fingerprint density at radius 1 is 1.33 bits per heavy atom. The molecular formula is C11H15N. The maximum atomic E-state index is 5.48. The molecule has 0 saturated carbocycles. The zero-order valence-electron chi connectivity index (χ0n) is 7.67. The van der Waals surface area contributed by atoms with Crippen LogP contribution in [0.3, 0.4) is 0 Å². The fraction of sp³-hybridized carbons (Fsp3) is 0.273. The maximum Gasteiger partial charge on any atom is 0.0137 e. The molecule has 0 heterocycles. The van der Waals surface area contributed by atoms with Crippen LogP contribution in [0.15, 0.2) is 29.8 Å². The molecule has 64 valence electrons. The van der Waals surface area contributed by atoms with Crippen molar-refractivity contribution in [2.45, 2.75) is 13.8 Å². The minimum Gasteiger partial charge on any atom is -0.327 e. The third-order valence-electron chi connectivity index (χ3n) is 1.81. The molecule has 12 heavy (non-hydrogen) atoms. The summed E-state index contributed by atoms with van der Waals surface area (Å²) in [4.78, 5) is 0. The van der Waals surface area contributed by atoms with Crippen LogP contribution in [0.2, 0.25) is 0 Å². The SMILES string of the molecule is CC(=Cc1ccc(C)cc1)CN. The van der Waals surface area contributed by atoms with E-state index < -0.39 is 0 Å². The number of rotatable bonds is 2. The van der Waals surface area contributed by atoms with Gasteiger partial charge in [-0.2, -0.15) is 0 Å². The summed E-state index contributed by atoms with van der Waals surface area (Å²) in [6.45, 7) is 4.76. The molecule has 0 aliphatic heterocycles. The summed E-state index contributed by atoms with van der Waals surface area (Å²) >= 11 is 0. The second-order valence-electron chi connectivity index (χ2n) is 3.11. The molecule has 0 aromatic heterocycles. The first kappa shape index (κ1) is 9.01. The summed E-state index contributed by atoms with van der Waals surface area (Å²) in [5.41, 5.74) is 9.20. The van der Waals surface area contributed by atoms with E-state index in [2.05, 4.69) is 37.3 Å². The predicted octanol–water partition coefficient (Wildman–Crippen LogP) is 2.36. The number of hydrogen-bond donors (Lipinski definition) is 1. The van der Waals surface area contributed by atoms with Crippen molar-refractivity contribution in [3.05, 3.63) is 41.0 Å². The molecule has 0 fully saturated rings. The van der Waals surface area contributed by atoms with Crippen molar-refractivity contribution in [3.8, 4) is 0 Å². The first-order chi connectivity index (χ1) is 5.72. The van der Waals surface area contributed by atoms with Crippen LogP contribution in [0.4, 0.5) is 0 Å². The van der Waals surface area contributed by atoms with E-state index >= 15 is 0 Å². The molecule has 1 aromatic carbocycles. The highest BCUT2D eigenvalue weighted by Crippen LogP contribution is 2.07. The zero-order valence-corrected chi connectivity index (χ0v) is 7.67. The van der Waals surface area contributed by atoms with Crippen molar-refractivity contribution < 1.29 is 0 Å². The van der Waals surface area contributed by atoms with Crippen LogP contribution >= 0.6 is 0 Å². The van der Waals surface area contributed by atoms with Crippen LogP contribution in [0.25, 0.3) is 6.08 Å². The lowest BCUT2D eigenvalue weighted by molar-refractivity contribution is 1.15. The Bertz CT molecular complexity index is 270. The van der Waals surface area contributed by atoms with Gasteiger partial charge in [0.1, 0.15) is 0 Å². The Kier molecular flexibility index (Phi) is 3.06. The van der Waals surface area contributed by atoms with E-state index in [1.807, 2.05) is 6.92 Å². The lowest BCUT2D eigenvalue weighted by Gasteiger charge is -1.97. The number of hydrogen-bond acceptors (Lipinski definition) is 1. The molecule has 1 aromatic rings. The van der Waals surface area contributed by atoms with E-state index in [9.17, 15) is 0 Å². The van der Waals surface area contributed by atoms with E-state index in [-0.39, 0.29) is 0 Å². The molecule has 1 nitrogen and oxygen atoms in total. The van der Waals surface area contributed by atoms with Crippen molar-refractivity contribution in [3.63, 3.8) is 0 Å². The number of benzene rings is 1. The summed E-state index contributed by atoms with van der Waals surface area (Å²) in [5, 5.41) is 0. The average Bonchev–Trinajstić information content (AvgIpc) is 2.09. The molecule has 0 bridgehead atoms. The standard InChI is InChI=1S/C11H15N/c1-9-3-5-11(6-4-9)7-10(2)8-12/h3-7H,8,12H2,1-2H3. The molecule has 0 atom stereocenters. The molecule has 0 amide bonds. The quantitative estimate of drug-likeness (QED) is 0.708. The molecular weight excluding hydrogens is 146 g/mol. The molecule has 1 heteroatoms. The fourth-order valence-corrected chi connectivity index (χ4v) is 1.01. The zero-order chi connectivity index (χ0) is 8.97. The molecule has 2 N–H and O–H groups in total. The van der Waals surface area contributed by atoms with Gasteiger partial charge in [0.25, 0.3) is 0 Å². The van der Waals surface area contributed by atoms with E-state index in [0.717, 1.165) is 0 Å². The Balaban J connectivity index is 2.84. The van der Waals surface area contributed by atoms with E-state index in [0.29, 0.717) is 6.54 Å². The van der Waals surface area contributed by atoms with Gasteiger partial charge in [-0.15, -0.1) is 0 Å². The van der Waals surface area contributed by atoms with Crippen LogP contribution in [-0.2, 0) is 0 Å². The van der Waals surface area contributed by atoms with Gasteiger partial charge in [0.15, 0.2) is 0 Å². The third-order valence-corrected chi connectivity index (χ3v) is 1.81. The second-order valence-corrected chi connectivity index (χ2v) is 3.11. The van der Waals surface area contributed by atoms with Crippen LogP contribution in [0, 0.1) is 6.92 Å². The van der Waals surface area contributed by atoms with Crippen LogP contribution in [-0.4, -0.2) is 6.54 Å². The maximum absolute atomic E-state index is 5.48. The molecule has 1 rings (SSSR count). The summed E-state index contributed by atoms with van der Waals surface area (Å²) < 4.78 is 0. The van der Waals surface area contributed by atoms with Crippen LogP contribution < -0.4 is 5.73 Å². The highest BCUT2D eigenvalue weighted by atomic mass is 14.5. The summed E-state index contributed by atoms with van der Waals surface area (Å²) in [6.07, 6.45) is 2.11. The normalized spacial score (nSPS) is 11.8. The molecule has 0 aliphatic rings. The molecule has 0 saturated heterocycles. The summed E-state index contributed by atoms with van der Waals surface area (Å²) in [5.74, 6) is 0. The Hall–Kier alpha value is -1.08. The monoisotopic (exact) mass is 161 g/mol. The van der Waals surface area contributed by atoms with Gasteiger partial charge >= 0.3 is 0 Å². The van der Waals surface area contributed by atoms with Gasteiger partial charge in [0, 0.05) is 6.54 Å². The van der Waals surface area contributed by atoms with Gasteiger partial charge in [-0.3, -0.25) is 0 Å². The van der Waals surface area contributed by atoms with Gasteiger partial charge < -0.3 is 5.73 Å². The molecule has 0 spiro atoms. The predicted molar refractivity (Wildman–Crippen MR) is 53.9 cm³/mol. The van der Waals surface area contributed by atoms with Gasteiger partial charge in [-0.25, -0.2) is 0 Å². The minimum atomic E-state index is 0.633. The first-order valence-corrected chi connectivity index (χ1v) is 4.16. The molecule has 0 aliphatic carbocycles. The summed E-state index contributed by atoms with van der Waals surface area (Å²) in [6, 6.07) is 8.42. The Morgan fingerprint density at radius 2 is 1.92 bits per heavy atom. The van der Waals surface area contributed by atoms with Gasteiger partial charge in [0.2, 0.25) is 0 Å². The van der Waals surface area contributed by atoms with Crippen molar-refractivity contribution in [1.29, 1.82) is 0 Å². The average molecular weight is 161 g/mol. The van der Waals surface area contributed by atoms with Gasteiger partial charge in [0.05, 0.1) is 0 Å². The lowest BCUT2D eigenvalue weighted by Crippen LogP contribution is -1.99. The van der Waals surface area contributed by atoms with E-state index in [1.54, 1.807) is 0 Å². The number of nitrogens with two attached hydrogens (primary N) is 1. The fourth-order valence-electron chi connectivity index (χ4n) is 1.01. The van der Waals surface area contributed by atoms with Crippen molar-refractivity contribution in [2.24, 2.45) is 5.73 Å². The first-order valence-electron chi connectivity index (χ1n) is 4.16. The Labute approximate surface area is 73.9 Å². The van der Waals surface area contributed by atoms with Crippen LogP contribution in [0.5, 0.6) is 0 Å². The topological polar surface area (TPSA) is 26.0 Å². The largest absolute Gasteiger partial charge is 0.327 e. The highest BCUT2D eigenvalue weighted by molar-refractivity contribution is 5.52.